The molecule has 0 amide bonds. The zero-order valence-corrected chi connectivity index (χ0v) is 14.7. The minimum absolute atomic E-state index is 0.773. The van der Waals surface area contributed by atoms with Gasteiger partial charge in [-0.2, -0.15) is 74.6 Å². The Balaban J connectivity index is 6.81. The average Bonchev–Trinajstić information content (AvgIpc) is 2.55. The Bertz CT molecular complexity index is 809. The standard InChI is InChI=1S/C12H3F17O5/c13-5(8(17,18)19,3(30)1-2-4(31)32)33-12(28,29)7(16,10(23,24)25)34-11(26,27)6(14,15)9(20,21)22/h1-2H,(H,31,32). The van der Waals surface area contributed by atoms with Gasteiger partial charge in [-0.25, -0.2) is 4.79 Å². The summed E-state index contributed by atoms with van der Waals surface area (Å²) in [5, 5.41) is 8.06. The van der Waals surface area contributed by atoms with Gasteiger partial charge in [0.25, 0.3) is 0 Å². The first-order valence-corrected chi connectivity index (χ1v) is 7.07. The van der Waals surface area contributed by atoms with E-state index < -0.39 is 72.3 Å². The summed E-state index contributed by atoms with van der Waals surface area (Å²) in [5.41, 5.74) is 0. The Labute approximate surface area is 172 Å². The van der Waals surface area contributed by atoms with Crippen LogP contribution in [-0.4, -0.2) is 65.2 Å². The van der Waals surface area contributed by atoms with E-state index in [0.29, 0.717) is 0 Å². The molecule has 0 rings (SSSR count). The molecule has 0 aliphatic heterocycles. The van der Waals surface area contributed by atoms with Gasteiger partial charge in [-0.1, -0.05) is 0 Å². The number of hydrogen-bond acceptors (Lipinski definition) is 4. The van der Waals surface area contributed by atoms with Gasteiger partial charge in [0.05, 0.1) is 0 Å². The summed E-state index contributed by atoms with van der Waals surface area (Å²) in [6.45, 7) is 0. The van der Waals surface area contributed by atoms with E-state index in [2.05, 4.69) is 0 Å². The third-order valence-electron chi connectivity index (χ3n) is 3.06. The molecule has 0 aromatic heterocycles. The number of rotatable bonds is 9. The van der Waals surface area contributed by atoms with E-state index in [1.165, 1.54) is 4.74 Å². The van der Waals surface area contributed by atoms with Crippen LogP contribution in [-0.2, 0) is 19.1 Å². The molecule has 0 radical (unpaired) electrons. The van der Waals surface area contributed by atoms with Gasteiger partial charge in [0.1, 0.15) is 0 Å². The fraction of sp³-hybridized carbons (Fsp3) is 0.667. The van der Waals surface area contributed by atoms with Crippen molar-refractivity contribution in [3.8, 4) is 0 Å². The van der Waals surface area contributed by atoms with E-state index in [1.807, 2.05) is 0 Å². The first-order valence-electron chi connectivity index (χ1n) is 7.07. The van der Waals surface area contributed by atoms with Crippen LogP contribution < -0.4 is 0 Å². The summed E-state index contributed by atoms with van der Waals surface area (Å²) in [6.07, 6.45) is -40.8. The second-order valence-corrected chi connectivity index (χ2v) is 5.53. The monoisotopic (exact) mass is 550 g/mol. The molecule has 0 fully saturated rings. The molecule has 2 unspecified atom stereocenters. The van der Waals surface area contributed by atoms with Gasteiger partial charge in [0.15, 0.2) is 0 Å². The van der Waals surface area contributed by atoms with Gasteiger partial charge in [-0.15, -0.1) is 0 Å². The second kappa shape index (κ2) is 8.68. The summed E-state index contributed by atoms with van der Waals surface area (Å²) in [4.78, 5) is 21.2. The lowest BCUT2D eigenvalue weighted by atomic mass is 10.1. The maximum Gasteiger partial charge on any atom is 0.462 e. The lowest BCUT2D eigenvalue weighted by Crippen LogP contribution is -2.68. The van der Waals surface area contributed by atoms with E-state index in [0.717, 1.165) is 0 Å². The molecule has 0 saturated heterocycles. The number of ether oxygens (including phenoxy) is 2. The van der Waals surface area contributed by atoms with Gasteiger partial charge in [-0.05, 0) is 6.08 Å². The fourth-order valence-corrected chi connectivity index (χ4v) is 1.43. The van der Waals surface area contributed by atoms with Crippen LogP contribution in [0.4, 0.5) is 74.6 Å². The molecule has 0 saturated carbocycles. The van der Waals surface area contributed by atoms with Crippen LogP contribution in [0.5, 0.6) is 0 Å². The highest BCUT2D eigenvalue weighted by Crippen LogP contribution is 2.56. The van der Waals surface area contributed by atoms with Crippen LogP contribution >= 0.6 is 0 Å². The molecule has 0 aromatic carbocycles. The van der Waals surface area contributed by atoms with Crippen LogP contribution in [0.1, 0.15) is 0 Å². The van der Waals surface area contributed by atoms with Crippen LogP contribution in [0.25, 0.3) is 0 Å². The Morgan fingerprint density at radius 1 is 0.559 bits per heavy atom. The van der Waals surface area contributed by atoms with E-state index >= 15 is 0 Å². The normalized spacial score (nSPS) is 18.5. The first kappa shape index (κ1) is 31.6. The molecular weight excluding hydrogens is 547 g/mol. The minimum atomic E-state index is -8.13. The highest BCUT2D eigenvalue weighted by Gasteiger charge is 2.85. The van der Waals surface area contributed by atoms with Crippen LogP contribution in [0.2, 0.25) is 0 Å². The smallest absolute Gasteiger partial charge is 0.462 e. The molecule has 1 N–H and O–H groups in total. The number of carbonyl (C=O) groups is 2. The predicted octanol–water partition coefficient (Wildman–Crippen LogP) is 5.07. The number of carbonyl (C=O) groups excluding carboxylic acids is 1. The zero-order chi connectivity index (χ0) is 28.0. The molecule has 0 aliphatic rings. The van der Waals surface area contributed by atoms with Crippen molar-refractivity contribution in [1.29, 1.82) is 0 Å². The molecule has 22 heteroatoms. The lowest BCUT2D eigenvalue weighted by Gasteiger charge is -2.40. The van der Waals surface area contributed by atoms with Crippen molar-refractivity contribution < 1.29 is 98.8 Å². The second-order valence-electron chi connectivity index (χ2n) is 5.53. The summed E-state index contributed by atoms with van der Waals surface area (Å²) >= 11 is 0. The number of aliphatic carboxylic acids is 1. The SMILES string of the molecule is O=C(O)C=CC(=O)C(F)(OC(F)(F)C(F)(OC(F)(F)C(F)(F)C(F)(F)F)C(F)(F)F)C(F)(F)F. The van der Waals surface area contributed by atoms with E-state index in [-0.39, 0.29) is 0 Å². The molecule has 0 spiro atoms. The maximum absolute atomic E-state index is 13.9. The number of hydrogen-bond donors (Lipinski definition) is 1. The molecule has 0 aromatic rings. The molecular formula is C12H3F17O5. The molecule has 5 nitrogen and oxygen atoms in total. The maximum atomic E-state index is 13.9. The highest BCUT2D eigenvalue weighted by atomic mass is 19.4. The number of carboxylic acid groups (broad SMARTS) is 1. The summed E-state index contributed by atoms with van der Waals surface area (Å²) in [7, 11) is 0. The Morgan fingerprint density at radius 3 is 1.26 bits per heavy atom. The number of halogens is 17. The van der Waals surface area contributed by atoms with E-state index in [4.69, 9.17) is 5.11 Å². The molecule has 0 aliphatic carbocycles. The van der Waals surface area contributed by atoms with Crippen molar-refractivity contribution in [2.45, 2.75) is 48.4 Å². The van der Waals surface area contributed by atoms with Gasteiger partial charge in [-0.3, -0.25) is 14.3 Å². The van der Waals surface area contributed by atoms with Crippen molar-refractivity contribution in [1.82, 2.24) is 0 Å². The quantitative estimate of drug-likeness (QED) is 0.321. The molecule has 34 heavy (non-hydrogen) atoms. The summed E-state index contributed by atoms with van der Waals surface area (Å²) in [5.74, 6) is -29.1. The van der Waals surface area contributed by atoms with E-state index in [9.17, 15) is 84.2 Å². The minimum Gasteiger partial charge on any atom is -0.478 e. The van der Waals surface area contributed by atoms with Gasteiger partial charge in [0, 0.05) is 6.08 Å². The van der Waals surface area contributed by atoms with Crippen molar-refractivity contribution in [2.24, 2.45) is 0 Å². The average molecular weight is 550 g/mol. The first-order chi connectivity index (χ1) is 14.5. The molecule has 200 valence electrons. The van der Waals surface area contributed by atoms with Gasteiger partial charge >= 0.3 is 54.3 Å². The van der Waals surface area contributed by atoms with Crippen molar-refractivity contribution in [3.63, 3.8) is 0 Å². The molecule has 0 heterocycles. The van der Waals surface area contributed by atoms with Crippen LogP contribution in [0.15, 0.2) is 12.2 Å². The predicted molar refractivity (Wildman–Crippen MR) is 64.6 cm³/mol. The van der Waals surface area contributed by atoms with Gasteiger partial charge in [0.2, 0.25) is 5.78 Å². The lowest BCUT2D eigenvalue weighted by molar-refractivity contribution is -0.548. The van der Waals surface area contributed by atoms with Crippen LogP contribution in [0, 0.1) is 0 Å². The Kier molecular flexibility index (Phi) is 8.07. The summed E-state index contributed by atoms with van der Waals surface area (Å²) < 4.78 is 221. The van der Waals surface area contributed by atoms with Crippen molar-refractivity contribution >= 4 is 11.8 Å². The fourth-order valence-electron chi connectivity index (χ4n) is 1.43. The highest BCUT2D eigenvalue weighted by molar-refractivity contribution is 6.00. The topological polar surface area (TPSA) is 72.8 Å². The number of alkyl halides is 17. The Morgan fingerprint density at radius 2 is 0.971 bits per heavy atom. The van der Waals surface area contributed by atoms with Gasteiger partial charge < -0.3 is 5.11 Å². The number of ketones is 1. The zero-order valence-electron chi connectivity index (χ0n) is 14.7. The van der Waals surface area contributed by atoms with E-state index in [1.54, 1.807) is 4.74 Å². The number of carboxylic acids is 1. The molecule has 2 atom stereocenters. The largest absolute Gasteiger partial charge is 0.478 e. The van der Waals surface area contributed by atoms with Crippen molar-refractivity contribution in [2.75, 3.05) is 0 Å². The third kappa shape index (κ3) is 5.63. The summed E-state index contributed by atoms with van der Waals surface area (Å²) in [6, 6.07) is 0. The Hall–Kier alpha value is -2.39. The molecule has 0 bridgehead atoms. The van der Waals surface area contributed by atoms with Crippen molar-refractivity contribution in [3.05, 3.63) is 12.2 Å². The third-order valence-corrected chi connectivity index (χ3v) is 3.06. The van der Waals surface area contributed by atoms with Crippen LogP contribution in [0.3, 0.4) is 0 Å².